The Balaban J connectivity index is 1.78. The first kappa shape index (κ1) is 23.3. The second-order valence-corrected chi connectivity index (χ2v) is 8.29. The molecule has 1 fully saturated rings. The number of Topliss-reactive ketones (excluding diaryl/α,β-unsaturated/α-hetero) is 1. The highest BCUT2D eigenvalue weighted by molar-refractivity contribution is 6.46. The summed E-state index contributed by atoms with van der Waals surface area (Å²) in [4.78, 5) is 39.5. The average Bonchev–Trinajstić information content (AvgIpc) is 3.12. The zero-order valence-corrected chi connectivity index (χ0v) is 19.2. The monoisotopic (exact) mass is 475 g/mol. The number of carbonyl (C=O) groups excluding carboxylic acids is 3. The number of carbonyl (C=O) groups is 3. The van der Waals surface area contributed by atoms with Crippen LogP contribution in [0.2, 0.25) is 5.02 Å². The number of ether oxygens (including phenoxy) is 1. The third-order valence-electron chi connectivity index (χ3n) is 5.79. The van der Waals surface area contributed by atoms with E-state index in [0.717, 1.165) is 5.56 Å². The van der Waals surface area contributed by atoms with Crippen LogP contribution in [-0.2, 0) is 20.7 Å². The number of benzene rings is 3. The van der Waals surface area contributed by atoms with Crippen molar-refractivity contribution < 1.29 is 24.2 Å². The van der Waals surface area contributed by atoms with E-state index < -0.39 is 23.7 Å². The Morgan fingerprint density at radius 2 is 1.56 bits per heavy atom. The fraction of sp³-hybridized carbons (Fsp3) is 0.148. The number of aliphatic hydroxyl groups is 1. The van der Waals surface area contributed by atoms with Crippen LogP contribution in [0.3, 0.4) is 0 Å². The van der Waals surface area contributed by atoms with Crippen LogP contribution in [0.1, 0.15) is 33.1 Å². The number of amides is 1. The summed E-state index contributed by atoms with van der Waals surface area (Å²) in [5, 5.41) is 11.6. The topological polar surface area (TPSA) is 83.9 Å². The lowest BCUT2D eigenvalue weighted by Gasteiger charge is -2.25. The van der Waals surface area contributed by atoms with E-state index in [1.54, 1.807) is 48.5 Å². The Hall–Kier alpha value is -3.90. The predicted octanol–water partition coefficient (Wildman–Crippen LogP) is 4.79. The van der Waals surface area contributed by atoms with Crippen LogP contribution in [0, 0.1) is 0 Å². The van der Waals surface area contributed by atoms with Gasteiger partial charge in [0, 0.05) is 17.1 Å². The van der Waals surface area contributed by atoms with Gasteiger partial charge in [-0.25, -0.2) is 4.79 Å². The molecule has 6 nitrogen and oxygen atoms in total. The maximum Gasteiger partial charge on any atom is 0.337 e. The molecule has 1 amide bonds. The summed E-state index contributed by atoms with van der Waals surface area (Å²) in [5.74, 6) is -2.22. The first-order valence-corrected chi connectivity index (χ1v) is 11.0. The summed E-state index contributed by atoms with van der Waals surface area (Å²) in [6.07, 6.45) is 0.533. The van der Waals surface area contributed by atoms with Gasteiger partial charge in [0.25, 0.3) is 11.7 Å². The third kappa shape index (κ3) is 4.58. The van der Waals surface area contributed by atoms with Gasteiger partial charge in [0.1, 0.15) is 5.76 Å². The van der Waals surface area contributed by atoms with Gasteiger partial charge >= 0.3 is 5.97 Å². The molecule has 1 atom stereocenters. The number of likely N-dealkylation sites (tertiary alicyclic amines) is 1. The fourth-order valence-corrected chi connectivity index (χ4v) is 4.16. The van der Waals surface area contributed by atoms with Gasteiger partial charge in [0.15, 0.2) is 0 Å². The van der Waals surface area contributed by atoms with E-state index in [9.17, 15) is 19.5 Å². The number of ketones is 1. The number of hydrogen-bond donors (Lipinski definition) is 1. The summed E-state index contributed by atoms with van der Waals surface area (Å²) in [6, 6.07) is 21.7. The van der Waals surface area contributed by atoms with E-state index in [-0.39, 0.29) is 17.9 Å². The molecule has 1 aliphatic rings. The Morgan fingerprint density at radius 1 is 0.941 bits per heavy atom. The van der Waals surface area contributed by atoms with Gasteiger partial charge in [-0.3, -0.25) is 9.59 Å². The van der Waals surface area contributed by atoms with Crippen LogP contribution in [0.25, 0.3) is 5.76 Å². The molecule has 34 heavy (non-hydrogen) atoms. The molecule has 172 valence electrons. The second-order valence-electron chi connectivity index (χ2n) is 7.85. The van der Waals surface area contributed by atoms with E-state index in [1.165, 1.54) is 12.0 Å². The van der Waals surface area contributed by atoms with Crippen LogP contribution in [0.4, 0.5) is 0 Å². The van der Waals surface area contributed by atoms with Gasteiger partial charge in [-0.1, -0.05) is 54.1 Å². The highest BCUT2D eigenvalue weighted by Gasteiger charge is 2.45. The van der Waals surface area contributed by atoms with Crippen molar-refractivity contribution in [2.24, 2.45) is 0 Å². The summed E-state index contributed by atoms with van der Waals surface area (Å²) >= 11 is 5.96. The molecule has 1 saturated heterocycles. The van der Waals surface area contributed by atoms with E-state index >= 15 is 0 Å². The quantitative estimate of drug-likeness (QED) is 0.240. The molecule has 3 aromatic rings. The van der Waals surface area contributed by atoms with Gasteiger partial charge in [0.2, 0.25) is 0 Å². The minimum Gasteiger partial charge on any atom is -0.507 e. The molecule has 7 heteroatoms. The molecule has 3 aromatic carbocycles. The fourth-order valence-electron chi connectivity index (χ4n) is 4.03. The molecule has 1 heterocycles. The molecule has 0 bridgehead atoms. The molecule has 0 saturated carbocycles. The number of methoxy groups -OCH3 is 1. The van der Waals surface area contributed by atoms with Crippen molar-refractivity contribution in [3.05, 3.63) is 112 Å². The summed E-state index contributed by atoms with van der Waals surface area (Å²) in [7, 11) is 1.29. The van der Waals surface area contributed by atoms with E-state index in [0.29, 0.717) is 28.1 Å². The van der Waals surface area contributed by atoms with E-state index in [1.807, 2.05) is 30.3 Å². The molecule has 1 N–H and O–H groups in total. The lowest BCUT2D eigenvalue weighted by atomic mass is 9.94. The van der Waals surface area contributed by atoms with Crippen molar-refractivity contribution in [1.82, 2.24) is 4.90 Å². The second kappa shape index (κ2) is 9.93. The molecule has 0 aromatic heterocycles. The van der Waals surface area contributed by atoms with Crippen molar-refractivity contribution >= 4 is 35.0 Å². The lowest BCUT2D eigenvalue weighted by molar-refractivity contribution is -0.139. The summed E-state index contributed by atoms with van der Waals surface area (Å²) in [5.41, 5.74) is 2.32. The molecule has 0 spiro atoms. The summed E-state index contributed by atoms with van der Waals surface area (Å²) in [6.45, 7) is 0.273. The smallest absolute Gasteiger partial charge is 0.337 e. The number of hydrogen-bond acceptors (Lipinski definition) is 5. The average molecular weight is 476 g/mol. The zero-order chi connectivity index (χ0) is 24.2. The van der Waals surface area contributed by atoms with Crippen LogP contribution in [-0.4, -0.2) is 41.3 Å². The number of rotatable bonds is 6. The molecule has 4 rings (SSSR count). The van der Waals surface area contributed by atoms with Crippen LogP contribution in [0.15, 0.2) is 84.4 Å². The maximum absolute atomic E-state index is 13.1. The number of aliphatic hydroxyl groups excluding tert-OH is 1. The van der Waals surface area contributed by atoms with Crippen molar-refractivity contribution in [2.75, 3.05) is 13.7 Å². The zero-order valence-electron chi connectivity index (χ0n) is 18.4. The Morgan fingerprint density at radius 3 is 2.18 bits per heavy atom. The predicted molar refractivity (Wildman–Crippen MR) is 128 cm³/mol. The number of halogens is 1. The van der Waals surface area contributed by atoms with Crippen molar-refractivity contribution in [1.29, 1.82) is 0 Å². The van der Waals surface area contributed by atoms with E-state index in [2.05, 4.69) is 0 Å². The van der Waals surface area contributed by atoms with Crippen molar-refractivity contribution in [3.8, 4) is 0 Å². The first-order chi connectivity index (χ1) is 16.4. The SMILES string of the molecule is COC(=O)c1ccc(C2C(=C(O)c3ccc(Cl)cc3)C(=O)C(=O)N2CCc2ccccc2)cc1. The lowest BCUT2D eigenvalue weighted by Crippen LogP contribution is -2.31. The minimum atomic E-state index is -0.814. The van der Waals surface area contributed by atoms with Gasteiger partial charge in [-0.15, -0.1) is 0 Å². The minimum absolute atomic E-state index is 0.00815. The number of esters is 1. The Labute approximate surface area is 202 Å². The highest BCUT2D eigenvalue weighted by atomic mass is 35.5. The largest absolute Gasteiger partial charge is 0.507 e. The van der Waals surface area contributed by atoms with Crippen LogP contribution < -0.4 is 0 Å². The van der Waals surface area contributed by atoms with Gasteiger partial charge in [-0.2, -0.15) is 0 Å². The van der Waals surface area contributed by atoms with Crippen molar-refractivity contribution in [3.63, 3.8) is 0 Å². The standard InChI is InChI=1S/C27H22ClNO5/c1-34-27(33)20-9-7-18(8-10-20)23-22(24(30)19-11-13-21(28)14-12-19)25(31)26(32)29(23)16-15-17-5-3-2-4-6-17/h2-14,23,30H,15-16H2,1H3. The van der Waals surface area contributed by atoms with Gasteiger partial charge in [0.05, 0.1) is 24.3 Å². The molecular weight excluding hydrogens is 454 g/mol. The van der Waals surface area contributed by atoms with E-state index in [4.69, 9.17) is 16.3 Å². The van der Waals surface area contributed by atoms with Crippen LogP contribution >= 0.6 is 11.6 Å². The highest BCUT2D eigenvalue weighted by Crippen LogP contribution is 2.39. The maximum atomic E-state index is 13.1. The molecule has 1 unspecified atom stereocenters. The Bertz CT molecular complexity index is 1250. The molecular formula is C27H22ClNO5. The Kier molecular flexibility index (Phi) is 6.80. The first-order valence-electron chi connectivity index (χ1n) is 10.7. The molecule has 0 radical (unpaired) electrons. The van der Waals surface area contributed by atoms with Gasteiger partial charge in [-0.05, 0) is 53.9 Å². The molecule has 0 aliphatic carbocycles. The van der Waals surface area contributed by atoms with Crippen LogP contribution in [0.5, 0.6) is 0 Å². The summed E-state index contributed by atoms with van der Waals surface area (Å²) < 4.78 is 4.75. The number of nitrogens with zero attached hydrogens (tertiary/aromatic N) is 1. The van der Waals surface area contributed by atoms with Gasteiger partial charge < -0.3 is 14.7 Å². The van der Waals surface area contributed by atoms with Crippen molar-refractivity contribution in [2.45, 2.75) is 12.5 Å². The third-order valence-corrected chi connectivity index (χ3v) is 6.04. The molecule has 1 aliphatic heterocycles. The normalized spacial score (nSPS) is 17.1.